The second-order valence-corrected chi connectivity index (χ2v) is 7.12. The Morgan fingerprint density at radius 3 is 2.06 bits per heavy atom. The standard InChI is InChI=1S/C22H24N4O7/c1-26(2)25-24-16-7-3-14(4-8-16)21(30)15-5-9-17(10-6-15)33-13-19(27)23-18(22(31)32)11-12-20(28)29/h3-10,18H,11-13H2,1-2H3,(H,23,27)(H,28,29)(H,31,32)/b25-24+. The molecular weight excluding hydrogens is 432 g/mol. The first-order valence-electron chi connectivity index (χ1n) is 9.86. The SMILES string of the molecule is CN(C)/N=N/c1ccc(C(=O)c2ccc(OCC(=O)NC(CCC(=O)O)C(=O)O)cc2)cc1. The van der Waals surface area contributed by atoms with Crippen molar-refractivity contribution in [3.05, 3.63) is 59.7 Å². The van der Waals surface area contributed by atoms with Crippen molar-refractivity contribution in [1.82, 2.24) is 10.3 Å². The highest BCUT2D eigenvalue weighted by Crippen LogP contribution is 2.18. The molecule has 0 spiro atoms. The first-order chi connectivity index (χ1) is 15.7. The fourth-order valence-corrected chi connectivity index (χ4v) is 2.60. The molecule has 1 amide bonds. The van der Waals surface area contributed by atoms with E-state index >= 15 is 0 Å². The van der Waals surface area contributed by atoms with E-state index in [1.165, 1.54) is 12.1 Å². The minimum Gasteiger partial charge on any atom is -0.484 e. The van der Waals surface area contributed by atoms with Crippen molar-refractivity contribution >= 4 is 29.3 Å². The van der Waals surface area contributed by atoms with Gasteiger partial charge in [-0.2, -0.15) is 0 Å². The molecule has 0 saturated heterocycles. The lowest BCUT2D eigenvalue weighted by molar-refractivity contribution is -0.143. The zero-order valence-corrected chi connectivity index (χ0v) is 18.1. The third kappa shape index (κ3) is 8.40. The Hall–Kier alpha value is -4.28. The Labute approximate surface area is 189 Å². The van der Waals surface area contributed by atoms with Crippen LogP contribution >= 0.6 is 0 Å². The van der Waals surface area contributed by atoms with Gasteiger partial charge in [-0.15, -0.1) is 5.11 Å². The number of ether oxygens (including phenoxy) is 1. The Morgan fingerprint density at radius 2 is 1.55 bits per heavy atom. The maximum absolute atomic E-state index is 12.6. The molecule has 0 aliphatic heterocycles. The van der Waals surface area contributed by atoms with E-state index in [1.54, 1.807) is 55.5 Å². The van der Waals surface area contributed by atoms with E-state index in [1.807, 2.05) is 0 Å². The highest BCUT2D eigenvalue weighted by atomic mass is 16.5. The van der Waals surface area contributed by atoms with E-state index in [4.69, 9.17) is 14.9 Å². The fourth-order valence-electron chi connectivity index (χ4n) is 2.60. The molecule has 2 rings (SSSR count). The second-order valence-electron chi connectivity index (χ2n) is 7.12. The van der Waals surface area contributed by atoms with E-state index in [0.29, 0.717) is 22.6 Å². The van der Waals surface area contributed by atoms with E-state index in [-0.39, 0.29) is 12.2 Å². The number of carbonyl (C=O) groups excluding carboxylic acids is 2. The molecule has 0 aromatic heterocycles. The molecule has 0 radical (unpaired) electrons. The van der Waals surface area contributed by atoms with Gasteiger partial charge in [-0.05, 0) is 55.0 Å². The van der Waals surface area contributed by atoms with Gasteiger partial charge in [0.1, 0.15) is 11.8 Å². The minimum atomic E-state index is -1.33. The summed E-state index contributed by atoms with van der Waals surface area (Å²) < 4.78 is 5.32. The molecule has 11 nitrogen and oxygen atoms in total. The van der Waals surface area contributed by atoms with E-state index in [2.05, 4.69) is 15.7 Å². The van der Waals surface area contributed by atoms with Crippen LogP contribution in [0.5, 0.6) is 5.75 Å². The van der Waals surface area contributed by atoms with Crippen LogP contribution in [0.25, 0.3) is 0 Å². The average Bonchev–Trinajstić information content (AvgIpc) is 2.79. The molecule has 0 heterocycles. The quantitative estimate of drug-likeness (QED) is 0.249. The lowest BCUT2D eigenvalue weighted by Crippen LogP contribution is -2.43. The molecule has 2 aromatic rings. The number of rotatable bonds is 12. The molecule has 33 heavy (non-hydrogen) atoms. The number of nitrogens with one attached hydrogen (secondary N) is 1. The third-order valence-corrected chi connectivity index (χ3v) is 4.24. The van der Waals surface area contributed by atoms with E-state index in [9.17, 15) is 19.2 Å². The number of carboxylic acid groups (broad SMARTS) is 2. The Kier molecular flexibility index (Phi) is 9.04. The minimum absolute atomic E-state index is 0.210. The van der Waals surface area contributed by atoms with Gasteiger partial charge in [0.2, 0.25) is 0 Å². The number of benzene rings is 2. The van der Waals surface area contributed by atoms with Crippen LogP contribution in [0.2, 0.25) is 0 Å². The average molecular weight is 456 g/mol. The maximum Gasteiger partial charge on any atom is 0.326 e. The van der Waals surface area contributed by atoms with E-state index in [0.717, 1.165) is 0 Å². The summed E-state index contributed by atoms with van der Waals surface area (Å²) in [5, 5.41) is 29.4. The summed E-state index contributed by atoms with van der Waals surface area (Å²) in [5.74, 6) is -3.11. The van der Waals surface area contributed by atoms with Crippen LogP contribution in [-0.2, 0) is 14.4 Å². The zero-order valence-electron chi connectivity index (χ0n) is 18.1. The van der Waals surface area contributed by atoms with Gasteiger partial charge < -0.3 is 20.3 Å². The predicted octanol–water partition coefficient (Wildman–Crippen LogP) is 2.29. The van der Waals surface area contributed by atoms with Crippen molar-refractivity contribution in [1.29, 1.82) is 0 Å². The number of amides is 1. The van der Waals surface area contributed by atoms with Gasteiger partial charge in [-0.1, -0.05) is 5.22 Å². The van der Waals surface area contributed by atoms with Crippen molar-refractivity contribution in [2.45, 2.75) is 18.9 Å². The first kappa shape index (κ1) is 25.0. The molecule has 2 aromatic carbocycles. The molecule has 0 saturated carbocycles. The van der Waals surface area contributed by atoms with Crippen molar-refractivity contribution in [2.24, 2.45) is 10.3 Å². The summed E-state index contributed by atoms with van der Waals surface area (Å²) >= 11 is 0. The van der Waals surface area contributed by atoms with Crippen LogP contribution in [0, 0.1) is 0 Å². The summed E-state index contributed by atoms with van der Waals surface area (Å²) in [6.07, 6.45) is -0.636. The number of hydrogen-bond acceptors (Lipinski definition) is 7. The normalized spacial score (nSPS) is 11.6. The zero-order chi connectivity index (χ0) is 24.4. The summed E-state index contributed by atoms with van der Waals surface area (Å²) in [5.41, 5.74) is 1.48. The molecule has 1 unspecified atom stereocenters. The molecule has 0 aliphatic carbocycles. The molecule has 3 N–H and O–H groups in total. The number of ketones is 1. The topological polar surface area (TPSA) is 158 Å². The second kappa shape index (κ2) is 11.9. The highest BCUT2D eigenvalue weighted by Gasteiger charge is 2.21. The van der Waals surface area contributed by atoms with Crippen LogP contribution in [0.3, 0.4) is 0 Å². The van der Waals surface area contributed by atoms with Crippen LogP contribution < -0.4 is 10.1 Å². The molecule has 1 atom stereocenters. The first-order valence-corrected chi connectivity index (χ1v) is 9.86. The number of nitrogens with zero attached hydrogens (tertiary/aromatic N) is 3. The number of carbonyl (C=O) groups is 4. The Balaban J connectivity index is 1.91. The van der Waals surface area contributed by atoms with Gasteiger partial charge >= 0.3 is 11.9 Å². The van der Waals surface area contributed by atoms with Crippen LogP contribution in [0.4, 0.5) is 5.69 Å². The predicted molar refractivity (Wildman–Crippen MR) is 116 cm³/mol. The summed E-state index contributed by atoms with van der Waals surface area (Å²) in [4.78, 5) is 46.3. The van der Waals surface area contributed by atoms with Gasteiger partial charge in [0.05, 0.1) is 5.69 Å². The third-order valence-electron chi connectivity index (χ3n) is 4.24. The van der Waals surface area contributed by atoms with Crippen molar-refractivity contribution in [3.63, 3.8) is 0 Å². The maximum atomic E-state index is 12.6. The van der Waals surface area contributed by atoms with Gasteiger partial charge in [-0.25, -0.2) is 4.79 Å². The fraction of sp³-hybridized carbons (Fsp3) is 0.273. The number of hydrogen-bond donors (Lipinski definition) is 3. The monoisotopic (exact) mass is 456 g/mol. The van der Waals surface area contributed by atoms with Crippen LogP contribution in [0.1, 0.15) is 28.8 Å². The van der Waals surface area contributed by atoms with Gasteiger partial charge in [0.15, 0.2) is 12.4 Å². The lowest BCUT2D eigenvalue weighted by Gasteiger charge is -2.14. The lowest BCUT2D eigenvalue weighted by atomic mass is 10.0. The summed E-state index contributed by atoms with van der Waals surface area (Å²) in [6.45, 7) is -0.465. The molecule has 0 aliphatic rings. The number of aliphatic carboxylic acids is 2. The van der Waals surface area contributed by atoms with Gasteiger partial charge in [0.25, 0.3) is 5.91 Å². The Morgan fingerprint density at radius 1 is 0.970 bits per heavy atom. The molecule has 174 valence electrons. The van der Waals surface area contributed by atoms with Crippen LogP contribution in [-0.4, -0.2) is 65.6 Å². The molecule has 11 heteroatoms. The number of carboxylic acids is 2. The largest absolute Gasteiger partial charge is 0.484 e. The van der Waals surface area contributed by atoms with Crippen LogP contribution in [0.15, 0.2) is 58.9 Å². The molecule has 0 bridgehead atoms. The molecular formula is C22H24N4O7. The van der Waals surface area contributed by atoms with Gasteiger partial charge in [0, 0.05) is 31.6 Å². The van der Waals surface area contributed by atoms with Gasteiger partial charge in [-0.3, -0.25) is 19.4 Å². The van der Waals surface area contributed by atoms with Crippen molar-refractivity contribution < 1.29 is 34.1 Å². The summed E-state index contributed by atoms with van der Waals surface area (Å²) in [7, 11) is 3.49. The Bertz CT molecular complexity index is 1020. The van der Waals surface area contributed by atoms with Crippen molar-refractivity contribution in [2.75, 3.05) is 20.7 Å². The smallest absolute Gasteiger partial charge is 0.326 e. The van der Waals surface area contributed by atoms with E-state index < -0.39 is 36.9 Å². The van der Waals surface area contributed by atoms with Crippen molar-refractivity contribution in [3.8, 4) is 5.75 Å². The molecule has 0 fully saturated rings. The summed E-state index contributed by atoms with van der Waals surface area (Å²) in [6, 6.07) is 11.4. The highest BCUT2D eigenvalue weighted by molar-refractivity contribution is 6.09.